The third-order valence-corrected chi connectivity index (χ3v) is 4.75. The van der Waals surface area contributed by atoms with Crippen LogP contribution in [0.25, 0.3) is 0 Å². The van der Waals surface area contributed by atoms with Gasteiger partial charge in [-0.2, -0.15) is 13.2 Å². The average Bonchev–Trinajstić information content (AvgIpc) is 2.45. The first-order chi connectivity index (χ1) is 10.3. The van der Waals surface area contributed by atoms with Gasteiger partial charge in [-0.05, 0) is 24.6 Å². The summed E-state index contributed by atoms with van der Waals surface area (Å²) in [5, 5.41) is 0. The summed E-state index contributed by atoms with van der Waals surface area (Å²) in [4.78, 5) is -0.353. The van der Waals surface area contributed by atoms with Crippen LogP contribution < -0.4 is 4.72 Å². The normalized spacial score (nSPS) is 12.5. The van der Waals surface area contributed by atoms with Gasteiger partial charge in [-0.15, -0.1) is 0 Å². The first-order valence-corrected chi connectivity index (χ1v) is 8.92. The molecule has 0 amide bonds. The van der Waals surface area contributed by atoms with Crippen LogP contribution in [-0.2, 0) is 16.2 Å². The Morgan fingerprint density at radius 1 is 1.05 bits per heavy atom. The fraction of sp³-hybridized carbons (Fsp3) is 0.600. The lowest BCUT2D eigenvalue weighted by atomic mass is 10.1. The molecule has 0 saturated heterocycles. The van der Waals surface area contributed by atoms with Crippen LogP contribution in [-0.4, -0.2) is 15.0 Å². The lowest BCUT2D eigenvalue weighted by Gasteiger charge is -2.10. The quantitative estimate of drug-likeness (QED) is 0.681. The first kappa shape index (κ1) is 19.0. The highest BCUT2D eigenvalue weighted by atomic mass is 32.2. The van der Waals surface area contributed by atoms with Gasteiger partial charge in [0.1, 0.15) is 0 Å². The third-order valence-electron chi connectivity index (χ3n) is 3.29. The van der Waals surface area contributed by atoms with Gasteiger partial charge in [-0.3, -0.25) is 0 Å². The Morgan fingerprint density at radius 2 is 1.68 bits per heavy atom. The fourth-order valence-corrected chi connectivity index (χ4v) is 3.15. The SMILES string of the molecule is CCCCCCCCNS(=O)(=O)c1cccc(C(F)(F)F)c1. The maximum absolute atomic E-state index is 12.6. The van der Waals surface area contributed by atoms with E-state index in [1.165, 1.54) is 6.07 Å². The number of unbranched alkanes of at least 4 members (excludes halogenated alkanes) is 5. The summed E-state index contributed by atoms with van der Waals surface area (Å²) in [6.45, 7) is 2.36. The van der Waals surface area contributed by atoms with E-state index < -0.39 is 21.8 Å². The summed E-state index contributed by atoms with van der Waals surface area (Å²) < 4.78 is 64.1. The predicted molar refractivity (Wildman–Crippen MR) is 80.0 cm³/mol. The van der Waals surface area contributed by atoms with Crippen LogP contribution in [0.4, 0.5) is 13.2 Å². The number of halogens is 3. The molecule has 0 atom stereocenters. The minimum absolute atomic E-state index is 0.241. The molecule has 1 aromatic rings. The van der Waals surface area contributed by atoms with Gasteiger partial charge < -0.3 is 0 Å². The summed E-state index contributed by atoms with van der Waals surface area (Å²) in [5.74, 6) is 0. The monoisotopic (exact) mass is 337 g/mol. The molecule has 126 valence electrons. The van der Waals surface area contributed by atoms with Gasteiger partial charge in [0, 0.05) is 6.54 Å². The third kappa shape index (κ3) is 6.36. The number of nitrogens with one attached hydrogen (secondary N) is 1. The largest absolute Gasteiger partial charge is 0.416 e. The summed E-state index contributed by atoms with van der Waals surface area (Å²) in [6, 6.07) is 3.78. The van der Waals surface area contributed by atoms with Crippen molar-refractivity contribution in [1.82, 2.24) is 4.72 Å². The summed E-state index contributed by atoms with van der Waals surface area (Å²) in [7, 11) is -3.89. The Kier molecular flexibility index (Phi) is 7.35. The van der Waals surface area contributed by atoms with E-state index in [0.29, 0.717) is 12.5 Å². The average molecular weight is 337 g/mol. The number of benzene rings is 1. The van der Waals surface area contributed by atoms with Crippen LogP contribution in [0.1, 0.15) is 51.0 Å². The minimum atomic E-state index is -4.55. The molecule has 1 N–H and O–H groups in total. The molecule has 0 unspecified atom stereocenters. The highest BCUT2D eigenvalue weighted by molar-refractivity contribution is 7.89. The van der Waals surface area contributed by atoms with Crippen LogP contribution in [0.15, 0.2) is 29.2 Å². The fourth-order valence-electron chi connectivity index (χ4n) is 2.03. The topological polar surface area (TPSA) is 46.2 Å². The van der Waals surface area contributed by atoms with E-state index in [0.717, 1.165) is 44.2 Å². The lowest BCUT2D eigenvalue weighted by Crippen LogP contribution is -2.25. The van der Waals surface area contributed by atoms with Crippen molar-refractivity contribution in [3.8, 4) is 0 Å². The molecule has 1 aromatic carbocycles. The Morgan fingerprint density at radius 3 is 2.32 bits per heavy atom. The predicted octanol–water partition coefficient (Wildman–Crippen LogP) is 4.34. The van der Waals surface area contributed by atoms with Gasteiger partial charge in [0.05, 0.1) is 10.5 Å². The zero-order valence-corrected chi connectivity index (χ0v) is 13.4. The highest BCUT2D eigenvalue weighted by Gasteiger charge is 2.31. The van der Waals surface area contributed by atoms with E-state index in [1.807, 2.05) is 0 Å². The van der Waals surface area contributed by atoms with Gasteiger partial charge in [-0.1, -0.05) is 45.1 Å². The molecule has 0 aliphatic carbocycles. The lowest BCUT2D eigenvalue weighted by molar-refractivity contribution is -0.137. The number of rotatable bonds is 9. The van der Waals surface area contributed by atoms with Crippen molar-refractivity contribution in [2.45, 2.75) is 56.5 Å². The van der Waals surface area contributed by atoms with Crippen molar-refractivity contribution >= 4 is 10.0 Å². The molecule has 0 aromatic heterocycles. The van der Waals surface area contributed by atoms with Crippen LogP contribution in [0.5, 0.6) is 0 Å². The molecule has 0 radical (unpaired) electrons. The van der Waals surface area contributed by atoms with E-state index in [2.05, 4.69) is 11.6 Å². The van der Waals surface area contributed by atoms with Gasteiger partial charge >= 0.3 is 6.18 Å². The number of hydrogen-bond donors (Lipinski definition) is 1. The van der Waals surface area contributed by atoms with Gasteiger partial charge in [0.15, 0.2) is 0 Å². The molecule has 7 heteroatoms. The van der Waals surface area contributed by atoms with Crippen molar-refractivity contribution in [1.29, 1.82) is 0 Å². The van der Waals surface area contributed by atoms with Crippen molar-refractivity contribution in [3.05, 3.63) is 29.8 Å². The summed E-state index contributed by atoms with van der Waals surface area (Å²) in [5.41, 5.74) is -0.963. The van der Waals surface area contributed by atoms with Crippen molar-refractivity contribution in [2.75, 3.05) is 6.54 Å². The second kappa shape index (κ2) is 8.53. The molecule has 0 spiro atoms. The smallest absolute Gasteiger partial charge is 0.211 e. The van der Waals surface area contributed by atoms with Crippen molar-refractivity contribution < 1.29 is 21.6 Å². The zero-order chi connectivity index (χ0) is 16.6. The molecule has 0 fully saturated rings. The Labute approximate surface area is 130 Å². The first-order valence-electron chi connectivity index (χ1n) is 7.44. The molecular weight excluding hydrogens is 315 g/mol. The van der Waals surface area contributed by atoms with Gasteiger partial charge in [0.2, 0.25) is 10.0 Å². The van der Waals surface area contributed by atoms with Crippen LogP contribution >= 0.6 is 0 Å². The highest BCUT2D eigenvalue weighted by Crippen LogP contribution is 2.30. The van der Waals surface area contributed by atoms with Gasteiger partial charge in [0.25, 0.3) is 0 Å². The number of hydrogen-bond acceptors (Lipinski definition) is 2. The van der Waals surface area contributed by atoms with E-state index >= 15 is 0 Å². The zero-order valence-electron chi connectivity index (χ0n) is 12.6. The van der Waals surface area contributed by atoms with E-state index in [-0.39, 0.29) is 11.4 Å². The molecule has 0 bridgehead atoms. The van der Waals surface area contributed by atoms with Crippen molar-refractivity contribution in [2.24, 2.45) is 0 Å². The molecule has 0 aliphatic rings. The van der Waals surface area contributed by atoms with Crippen LogP contribution in [0.3, 0.4) is 0 Å². The molecule has 0 saturated carbocycles. The summed E-state index contributed by atoms with van der Waals surface area (Å²) in [6.07, 6.45) is 1.51. The molecular formula is C15H22F3NO2S. The van der Waals surface area contributed by atoms with Crippen molar-refractivity contribution in [3.63, 3.8) is 0 Å². The van der Waals surface area contributed by atoms with Crippen LogP contribution in [0, 0.1) is 0 Å². The second-order valence-electron chi connectivity index (χ2n) is 5.19. The number of alkyl halides is 3. The van der Waals surface area contributed by atoms with E-state index in [1.54, 1.807) is 0 Å². The Balaban J connectivity index is 2.53. The maximum atomic E-state index is 12.6. The second-order valence-corrected chi connectivity index (χ2v) is 6.96. The molecule has 22 heavy (non-hydrogen) atoms. The molecule has 0 heterocycles. The van der Waals surface area contributed by atoms with Gasteiger partial charge in [-0.25, -0.2) is 13.1 Å². The van der Waals surface area contributed by atoms with E-state index in [9.17, 15) is 21.6 Å². The van der Waals surface area contributed by atoms with Crippen LogP contribution in [0.2, 0.25) is 0 Å². The number of sulfonamides is 1. The Hall–Kier alpha value is -1.08. The Bertz CT molecular complexity index is 556. The minimum Gasteiger partial charge on any atom is -0.211 e. The summed E-state index contributed by atoms with van der Waals surface area (Å²) >= 11 is 0. The maximum Gasteiger partial charge on any atom is 0.416 e. The molecule has 1 rings (SSSR count). The van der Waals surface area contributed by atoms with E-state index in [4.69, 9.17) is 0 Å². The molecule has 3 nitrogen and oxygen atoms in total. The molecule has 0 aliphatic heterocycles. The standard InChI is InChI=1S/C15H22F3NO2S/c1-2-3-4-5-6-7-11-19-22(20,21)14-10-8-9-13(12-14)15(16,17)18/h8-10,12,19H,2-7,11H2,1H3.